The largest absolute Gasteiger partial charge is 0.475 e. The van der Waals surface area contributed by atoms with Crippen molar-refractivity contribution in [2.24, 2.45) is 0 Å². The maximum atomic E-state index is 16.2. The first kappa shape index (κ1) is 19.6. The monoisotopic (exact) mass is 430 g/mol. The van der Waals surface area contributed by atoms with Crippen molar-refractivity contribution < 1.29 is 27.3 Å². The second-order valence-electron chi connectivity index (χ2n) is 6.36. The van der Waals surface area contributed by atoms with E-state index >= 15 is 4.39 Å². The second kappa shape index (κ2) is 6.95. The van der Waals surface area contributed by atoms with Crippen LogP contribution in [0.3, 0.4) is 0 Å². The average Bonchev–Trinajstić information content (AvgIpc) is 3.16. The lowest BCUT2D eigenvalue weighted by Crippen LogP contribution is -2.48. The van der Waals surface area contributed by atoms with Gasteiger partial charge in [0, 0.05) is 11.6 Å². The number of phosphoric acid groups is 1. The Morgan fingerprint density at radius 1 is 1.50 bits per heavy atom. The molecule has 2 aromatic heterocycles. The number of hydrogen-bond donors (Lipinski definition) is 1. The molecule has 2 fully saturated rings. The minimum Gasteiger partial charge on any atom is -0.383 e. The van der Waals surface area contributed by atoms with E-state index in [1.165, 1.54) is 10.9 Å². The summed E-state index contributed by atoms with van der Waals surface area (Å²) in [7, 11) is -3.99. The van der Waals surface area contributed by atoms with E-state index in [1.807, 2.05) is 0 Å². The van der Waals surface area contributed by atoms with Crippen LogP contribution in [-0.2, 0) is 22.9 Å². The molecule has 4 heterocycles. The Bertz CT molecular complexity index is 1030. The summed E-state index contributed by atoms with van der Waals surface area (Å²) < 4.78 is 52.1. The Morgan fingerprint density at radius 3 is 3.00 bits per heavy atom. The second-order valence-corrected chi connectivity index (χ2v) is 8.12. The molecule has 28 heavy (non-hydrogen) atoms. The van der Waals surface area contributed by atoms with E-state index in [9.17, 15) is 4.57 Å². The van der Waals surface area contributed by atoms with Gasteiger partial charge in [-0.05, 0) is 37.4 Å². The summed E-state index contributed by atoms with van der Waals surface area (Å²) in [6.45, 7) is 3.27. The van der Waals surface area contributed by atoms with Crippen molar-refractivity contribution in [2.75, 3.05) is 12.3 Å². The summed E-state index contributed by atoms with van der Waals surface area (Å²) in [5.74, 6) is 2.55. The molecule has 2 N–H and O–H groups in total. The van der Waals surface area contributed by atoms with Crippen molar-refractivity contribution in [1.82, 2.24) is 14.5 Å². The molecule has 0 bridgehead atoms. The van der Waals surface area contributed by atoms with Gasteiger partial charge in [-0.15, -0.1) is 0 Å². The van der Waals surface area contributed by atoms with Crippen LogP contribution >= 0.6 is 19.4 Å². The number of fused-ring (bicyclic) bond motifs is 2. The smallest absolute Gasteiger partial charge is 0.383 e. The fourth-order valence-electron chi connectivity index (χ4n) is 3.49. The number of nitrogens with two attached hydrogens (primary N) is 1. The summed E-state index contributed by atoms with van der Waals surface area (Å²) in [4.78, 5) is 8.07. The number of ether oxygens (including phenoxy) is 1. The number of nitrogens with zero attached hydrogens (tertiary/aromatic N) is 3. The molecule has 12 heteroatoms. The Labute approximate surface area is 164 Å². The van der Waals surface area contributed by atoms with Crippen LogP contribution in [0.5, 0.6) is 0 Å². The van der Waals surface area contributed by atoms with Crippen LogP contribution in [0.2, 0.25) is 0 Å². The van der Waals surface area contributed by atoms with Gasteiger partial charge in [0.2, 0.25) is 5.67 Å². The average molecular weight is 431 g/mol. The molecule has 4 rings (SSSR count). The fourth-order valence-corrected chi connectivity index (χ4v) is 5.20. The molecule has 2 unspecified atom stereocenters. The summed E-state index contributed by atoms with van der Waals surface area (Å²) in [6, 6.07) is 1.64. The highest BCUT2D eigenvalue weighted by Crippen LogP contribution is 2.61. The van der Waals surface area contributed by atoms with Gasteiger partial charge in [-0.2, -0.15) is 0 Å². The van der Waals surface area contributed by atoms with Crippen LogP contribution in [0.15, 0.2) is 18.6 Å². The summed E-state index contributed by atoms with van der Waals surface area (Å²) in [5.41, 5.74) is 3.74. The molecule has 2 saturated heterocycles. The fraction of sp³-hybridized carbons (Fsp3) is 0.500. The number of halogens is 2. The number of nitrogen functional groups attached to an aromatic ring is 1. The number of rotatable bonds is 3. The summed E-state index contributed by atoms with van der Waals surface area (Å²) >= 11 is 5.54. The zero-order chi connectivity index (χ0) is 20.1. The lowest BCUT2D eigenvalue weighted by Gasteiger charge is -2.36. The molecular weight excluding hydrogens is 414 g/mol. The molecule has 2 aliphatic heterocycles. The van der Waals surface area contributed by atoms with Gasteiger partial charge in [0.05, 0.1) is 18.1 Å². The Balaban J connectivity index is 1.82. The molecule has 0 saturated carbocycles. The molecule has 2 aliphatic rings. The molecular formula is C16H17ClFN4O5P. The minimum absolute atomic E-state index is 0.0601. The van der Waals surface area contributed by atoms with Crippen LogP contribution in [-0.4, -0.2) is 45.1 Å². The third kappa shape index (κ3) is 2.90. The van der Waals surface area contributed by atoms with Crippen molar-refractivity contribution in [3.8, 4) is 11.3 Å². The molecule has 6 atom stereocenters. The van der Waals surface area contributed by atoms with Gasteiger partial charge in [0.1, 0.15) is 30.0 Å². The number of anilines is 1. The highest BCUT2D eigenvalue weighted by molar-refractivity contribution is 7.48. The van der Waals surface area contributed by atoms with E-state index in [0.29, 0.717) is 11.0 Å². The predicted molar refractivity (Wildman–Crippen MR) is 98.0 cm³/mol. The van der Waals surface area contributed by atoms with Crippen LogP contribution in [0.4, 0.5) is 10.2 Å². The zero-order valence-electron chi connectivity index (χ0n) is 14.9. The molecule has 0 aliphatic carbocycles. The third-order valence-corrected chi connectivity index (χ3v) is 6.42. The van der Waals surface area contributed by atoms with Crippen molar-refractivity contribution in [2.45, 2.75) is 44.1 Å². The highest BCUT2D eigenvalue weighted by Gasteiger charge is 2.65. The Hall–Kier alpha value is -1.73. The summed E-state index contributed by atoms with van der Waals surface area (Å²) in [5, 5.41) is 2.57. The quantitative estimate of drug-likeness (QED) is 0.584. The van der Waals surface area contributed by atoms with Crippen molar-refractivity contribution >= 4 is 36.3 Å². The normalized spacial score (nSPS) is 37.4. The van der Waals surface area contributed by atoms with Crippen LogP contribution in [0, 0.1) is 11.3 Å². The molecule has 0 amide bonds. The van der Waals surface area contributed by atoms with Crippen molar-refractivity contribution in [1.29, 1.82) is 0 Å². The van der Waals surface area contributed by atoms with Crippen molar-refractivity contribution in [3.63, 3.8) is 0 Å². The van der Waals surface area contributed by atoms with Crippen LogP contribution < -0.4 is 5.73 Å². The number of hydrogen-bond acceptors (Lipinski definition) is 8. The van der Waals surface area contributed by atoms with Gasteiger partial charge >= 0.3 is 7.82 Å². The van der Waals surface area contributed by atoms with Gasteiger partial charge in [-0.25, -0.2) is 18.9 Å². The van der Waals surface area contributed by atoms with Crippen molar-refractivity contribution in [3.05, 3.63) is 18.6 Å². The molecule has 0 radical (unpaired) electrons. The summed E-state index contributed by atoms with van der Waals surface area (Å²) in [6.07, 6.45) is -1.55. The highest BCUT2D eigenvalue weighted by atomic mass is 35.5. The minimum atomic E-state index is -3.99. The van der Waals surface area contributed by atoms with Crippen LogP contribution in [0.25, 0.3) is 11.0 Å². The van der Waals surface area contributed by atoms with E-state index in [0.717, 1.165) is 0 Å². The third-order valence-electron chi connectivity index (χ3n) is 4.68. The predicted octanol–water partition coefficient (Wildman–Crippen LogP) is 2.77. The lowest BCUT2D eigenvalue weighted by molar-refractivity contribution is -0.103. The van der Waals surface area contributed by atoms with Gasteiger partial charge in [-0.3, -0.25) is 13.6 Å². The van der Waals surface area contributed by atoms with Gasteiger partial charge in [0.25, 0.3) is 0 Å². The lowest BCUT2D eigenvalue weighted by atomic mass is 9.95. The van der Waals surface area contributed by atoms with Gasteiger partial charge in [-0.1, -0.05) is 0 Å². The number of alkyl halides is 1. The SMILES string of the molecule is CCOP1(=O)OC(C)[C@H]2O[C@@H](n3ccc4c(N)ncnc43)[C@@](F)(C#CCl)[C@@H]2O1. The molecule has 9 nitrogen and oxygen atoms in total. The van der Waals surface area contributed by atoms with E-state index in [1.54, 1.807) is 26.1 Å². The number of aromatic nitrogens is 3. The van der Waals surface area contributed by atoms with E-state index in [2.05, 4.69) is 21.3 Å². The first-order valence-corrected chi connectivity index (χ1v) is 10.3. The number of phosphoric ester groups is 1. The van der Waals surface area contributed by atoms with E-state index in [4.69, 9.17) is 35.6 Å². The molecule has 150 valence electrons. The maximum Gasteiger partial charge on any atom is 0.475 e. The zero-order valence-corrected chi connectivity index (χ0v) is 16.6. The van der Waals surface area contributed by atoms with Gasteiger partial charge in [0.15, 0.2) is 6.23 Å². The Morgan fingerprint density at radius 2 is 2.29 bits per heavy atom. The maximum absolute atomic E-state index is 16.2. The Kier molecular flexibility index (Phi) is 4.86. The topological polar surface area (TPSA) is 111 Å². The van der Waals surface area contributed by atoms with E-state index in [-0.39, 0.29) is 12.4 Å². The van der Waals surface area contributed by atoms with Gasteiger partial charge < -0.3 is 15.0 Å². The molecule has 0 aromatic carbocycles. The molecule has 0 spiro atoms. The molecule has 2 aromatic rings. The first-order valence-electron chi connectivity index (χ1n) is 8.48. The standard InChI is InChI=1S/C16H17ClFN4O5P/c1-3-24-28(23)26-9(2)11-12(27-28)16(18,5-6-17)15(25-11)22-7-4-10-13(19)20-8-21-14(10)22/h4,7-9,11-12,15H,3H2,1-2H3,(H2,19,20,21)/t9?,11-,12-,15-,16-,28?/m1/s1. The van der Waals surface area contributed by atoms with Crippen LogP contribution in [0.1, 0.15) is 20.1 Å². The van der Waals surface area contributed by atoms with E-state index < -0.39 is 38.0 Å². The first-order chi connectivity index (χ1) is 13.3.